The first-order chi connectivity index (χ1) is 8.93. The number of nitrogens with zero attached hydrogens (tertiary/aromatic N) is 1. The van der Waals surface area contributed by atoms with E-state index in [1.807, 2.05) is 6.92 Å². The number of phenolic OH excluding ortho intramolecular Hbond substituents is 1. The second-order valence-electron chi connectivity index (χ2n) is 4.09. The summed E-state index contributed by atoms with van der Waals surface area (Å²) in [6.45, 7) is 1.85. The molecule has 104 valence electrons. The third-order valence-corrected chi connectivity index (χ3v) is 2.64. The van der Waals surface area contributed by atoms with Gasteiger partial charge in [-0.25, -0.2) is 0 Å². The number of benzene rings is 1. The van der Waals surface area contributed by atoms with Gasteiger partial charge in [-0.05, 0) is 25.5 Å². The van der Waals surface area contributed by atoms with E-state index in [1.165, 1.54) is 12.1 Å². The minimum absolute atomic E-state index is 0.0279. The van der Waals surface area contributed by atoms with Crippen molar-refractivity contribution in [2.45, 2.75) is 25.9 Å². The van der Waals surface area contributed by atoms with E-state index >= 15 is 0 Å². The summed E-state index contributed by atoms with van der Waals surface area (Å²) < 4.78 is 5.01. The van der Waals surface area contributed by atoms with Crippen molar-refractivity contribution in [2.75, 3.05) is 12.4 Å². The maximum atomic E-state index is 11.6. The Bertz CT molecular complexity index is 475. The van der Waals surface area contributed by atoms with Crippen LogP contribution in [0, 0.1) is 10.1 Å². The van der Waals surface area contributed by atoms with Crippen molar-refractivity contribution in [1.82, 2.24) is 0 Å². The van der Waals surface area contributed by atoms with E-state index < -0.39 is 16.4 Å². The Kier molecular flexibility index (Phi) is 5.25. The van der Waals surface area contributed by atoms with Gasteiger partial charge in [-0.15, -0.1) is 0 Å². The van der Waals surface area contributed by atoms with Crippen LogP contribution in [0.3, 0.4) is 0 Å². The summed E-state index contributed by atoms with van der Waals surface area (Å²) in [6, 6.07) is 3.69. The van der Waals surface area contributed by atoms with Crippen molar-refractivity contribution in [1.29, 1.82) is 0 Å². The normalized spacial score (nSPS) is 11.9. The Morgan fingerprint density at radius 3 is 2.84 bits per heavy atom. The number of ether oxygens (including phenoxy) is 1. The average Bonchev–Trinajstić information content (AvgIpc) is 2.37. The molecule has 1 atom stereocenters. The maximum Gasteiger partial charge on any atom is 0.312 e. The van der Waals surface area contributed by atoms with E-state index in [0.29, 0.717) is 6.42 Å². The van der Waals surface area contributed by atoms with Gasteiger partial charge in [-0.3, -0.25) is 14.9 Å². The molecule has 1 rings (SSSR count). The van der Waals surface area contributed by atoms with E-state index in [0.717, 1.165) is 6.07 Å². The van der Waals surface area contributed by atoms with Gasteiger partial charge in [-0.1, -0.05) is 0 Å². The highest BCUT2D eigenvalue weighted by Gasteiger charge is 2.14. The number of aromatic hydroxyl groups is 1. The molecule has 7 heteroatoms. The molecule has 1 aromatic rings. The zero-order chi connectivity index (χ0) is 14.4. The van der Waals surface area contributed by atoms with Gasteiger partial charge in [0.25, 0.3) is 0 Å². The number of hydrogen-bond donors (Lipinski definition) is 2. The summed E-state index contributed by atoms with van der Waals surface area (Å²) in [5.74, 6) is -0.695. The third kappa shape index (κ3) is 4.55. The lowest BCUT2D eigenvalue weighted by Gasteiger charge is -2.09. The molecule has 0 unspecified atom stereocenters. The van der Waals surface area contributed by atoms with Gasteiger partial charge >= 0.3 is 5.69 Å². The van der Waals surface area contributed by atoms with E-state index in [1.54, 1.807) is 7.11 Å². The van der Waals surface area contributed by atoms with Gasteiger partial charge in [0.05, 0.1) is 11.0 Å². The number of nitro groups is 1. The SMILES string of the molecule is CO[C@H](C)CCC(=O)Nc1ccc(O)c([N+](=O)[O-])c1. The summed E-state index contributed by atoms with van der Waals surface area (Å²) in [7, 11) is 1.56. The van der Waals surface area contributed by atoms with Crippen LogP contribution in [0.25, 0.3) is 0 Å². The first-order valence-corrected chi connectivity index (χ1v) is 5.74. The van der Waals surface area contributed by atoms with Crippen LogP contribution in [0.2, 0.25) is 0 Å². The van der Waals surface area contributed by atoms with Crippen molar-refractivity contribution < 1.29 is 19.6 Å². The van der Waals surface area contributed by atoms with Crippen molar-refractivity contribution in [2.24, 2.45) is 0 Å². The molecule has 0 aliphatic rings. The topological polar surface area (TPSA) is 102 Å². The van der Waals surface area contributed by atoms with Crippen LogP contribution < -0.4 is 5.32 Å². The molecule has 0 fully saturated rings. The lowest BCUT2D eigenvalue weighted by atomic mass is 10.2. The molecule has 2 N–H and O–H groups in total. The van der Waals surface area contributed by atoms with Gasteiger partial charge in [0, 0.05) is 25.3 Å². The van der Waals surface area contributed by atoms with Crippen LogP contribution in [-0.2, 0) is 9.53 Å². The number of phenols is 1. The number of anilines is 1. The molecular formula is C12H16N2O5. The molecule has 1 amide bonds. The van der Waals surface area contributed by atoms with E-state index in [2.05, 4.69) is 5.32 Å². The van der Waals surface area contributed by atoms with Gasteiger partial charge in [0.1, 0.15) is 0 Å². The van der Waals surface area contributed by atoms with E-state index in [4.69, 9.17) is 4.74 Å². The lowest BCUT2D eigenvalue weighted by Crippen LogP contribution is -2.15. The number of amides is 1. The van der Waals surface area contributed by atoms with E-state index in [9.17, 15) is 20.0 Å². The molecule has 0 aliphatic carbocycles. The highest BCUT2D eigenvalue weighted by Crippen LogP contribution is 2.28. The Balaban J connectivity index is 2.64. The van der Waals surface area contributed by atoms with Crippen LogP contribution in [0.15, 0.2) is 18.2 Å². The summed E-state index contributed by atoms with van der Waals surface area (Å²) >= 11 is 0. The fraction of sp³-hybridized carbons (Fsp3) is 0.417. The summed E-state index contributed by atoms with van der Waals surface area (Å²) in [5, 5.41) is 22.4. The number of nitro benzene ring substituents is 1. The first-order valence-electron chi connectivity index (χ1n) is 5.74. The van der Waals surface area contributed by atoms with Crippen molar-refractivity contribution in [3.05, 3.63) is 28.3 Å². The molecule has 0 spiro atoms. The molecule has 1 aromatic carbocycles. The van der Waals surface area contributed by atoms with Crippen LogP contribution in [0.1, 0.15) is 19.8 Å². The second-order valence-corrected chi connectivity index (χ2v) is 4.09. The number of rotatable bonds is 6. The first kappa shape index (κ1) is 14.9. The van der Waals surface area contributed by atoms with E-state index in [-0.39, 0.29) is 24.1 Å². The molecule has 0 aromatic heterocycles. The Hall–Kier alpha value is -2.15. The largest absolute Gasteiger partial charge is 0.502 e. The van der Waals surface area contributed by atoms with Gasteiger partial charge in [0.2, 0.25) is 5.91 Å². The number of hydrogen-bond acceptors (Lipinski definition) is 5. The number of nitrogens with one attached hydrogen (secondary N) is 1. The highest BCUT2D eigenvalue weighted by atomic mass is 16.6. The third-order valence-electron chi connectivity index (χ3n) is 2.64. The van der Waals surface area contributed by atoms with Gasteiger partial charge in [0.15, 0.2) is 5.75 Å². The van der Waals surface area contributed by atoms with Crippen LogP contribution in [0.5, 0.6) is 5.75 Å². The fourth-order valence-electron chi connectivity index (χ4n) is 1.42. The number of carbonyl (C=O) groups is 1. The Morgan fingerprint density at radius 2 is 2.26 bits per heavy atom. The quantitative estimate of drug-likeness (QED) is 0.467. The maximum absolute atomic E-state index is 11.6. The molecule has 0 radical (unpaired) electrons. The van der Waals surface area contributed by atoms with Crippen molar-refractivity contribution in [3.63, 3.8) is 0 Å². The van der Waals surface area contributed by atoms with Crippen LogP contribution in [-0.4, -0.2) is 29.2 Å². The Morgan fingerprint density at radius 1 is 1.58 bits per heavy atom. The molecule has 19 heavy (non-hydrogen) atoms. The fourth-order valence-corrected chi connectivity index (χ4v) is 1.42. The van der Waals surface area contributed by atoms with Crippen LogP contribution >= 0.6 is 0 Å². The summed E-state index contributed by atoms with van der Waals surface area (Å²) in [6.07, 6.45) is 0.784. The smallest absolute Gasteiger partial charge is 0.312 e. The highest BCUT2D eigenvalue weighted by molar-refractivity contribution is 5.91. The van der Waals surface area contributed by atoms with Crippen molar-refractivity contribution >= 4 is 17.3 Å². The predicted molar refractivity (Wildman–Crippen MR) is 69.1 cm³/mol. The number of carbonyl (C=O) groups excluding carboxylic acids is 1. The molecule has 0 bridgehead atoms. The molecule has 7 nitrogen and oxygen atoms in total. The molecule has 0 saturated carbocycles. The minimum atomic E-state index is -0.710. The standard InChI is InChI=1S/C12H16N2O5/c1-8(19-2)3-6-12(16)13-9-4-5-11(15)10(7-9)14(17)18/h4-5,7-8,15H,3,6H2,1-2H3,(H,13,16)/t8-/m1/s1. The summed E-state index contributed by atoms with van der Waals surface area (Å²) in [4.78, 5) is 21.5. The minimum Gasteiger partial charge on any atom is -0.502 e. The van der Waals surface area contributed by atoms with Crippen molar-refractivity contribution in [3.8, 4) is 5.75 Å². The molecule has 0 saturated heterocycles. The zero-order valence-corrected chi connectivity index (χ0v) is 10.8. The van der Waals surface area contributed by atoms with Gasteiger partial charge in [-0.2, -0.15) is 0 Å². The Labute approximate surface area is 110 Å². The van der Waals surface area contributed by atoms with Crippen LogP contribution in [0.4, 0.5) is 11.4 Å². The monoisotopic (exact) mass is 268 g/mol. The second kappa shape index (κ2) is 6.69. The zero-order valence-electron chi connectivity index (χ0n) is 10.8. The average molecular weight is 268 g/mol. The number of methoxy groups -OCH3 is 1. The predicted octanol–water partition coefficient (Wildman–Crippen LogP) is 2.05. The summed E-state index contributed by atoms with van der Waals surface area (Å²) in [5.41, 5.74) is -0.164. The molecule has 0 aliphatic heterocycles. The molecular weight excluding hydrogens is 252 g/mol. The van der Waals surface area contributed by atoms with Gasteiger partial charge < -0.3 is 15.2 Å². The lowest BCUT2D eigenvalue weighted by molar-refractivity contribution is -0.385. The molecule has 0 heterocycles.